The Labute approximate surface area is 191 Å². The van der Waals surface area contributed by atoms with Crippen LogP contribution in [0.4, 0.5) is 15.9 Å². The lowest BCUT2D eigenvalue weighted by atomic mass is 10.1. The zero-order chi connectivity index (χ0) is 23.1. The summed E-state index contributed by atoms with van der Waals surface area (Å²) in [6.07, 6.45) is 5.60. The standard InChI is InChI=1S/C25H25FN6O/c1-15-23(31-11-9-18(27)10-12-31)30-24(17-5-7-22(28-2)20(26)13-17)32(25(15)33)19-6-8-21(29-14-19)16-3-4-16/h5-8,13-14,16,18H,3-4,9-12,27H2,1H3. The van der Waals surface area contributed by atoms with Crippen molar-refractivity contribution in [1.29, 1.82) is 0 Å². The molecule has 3 aromatic rings. The Morgan fingerprint density at radius 3 is 2.52 bits per heavy atom. The largest absolute Gasteiger partial charge is 0.356 e. The first-order chi connectivity index (χ1) is 16.0. The van der Waals surface area contributed by atoms with Crippen LogP contribution in [0.2, 0.25) is 0 Å². The SMILES string of the molecule is [C-]#[N+]c1ccc(-c2nc(N3CCC(N)CC3)c(C)c(=O)n2-c2ccc(C3CC3)nc2)cc1F. The minimum absolute atomic E-state index is 0.0690. The zero-order valence-electron chi connectivity index (χ0n) is 18.5. The van der Waals surface area contributed by atoms with Gasteiger partial charge in [-0.3, -0.25) is 14.3 Å². The van der Waals surface area contributed by atoms with Crippen molar-refractivity contribution in [3.8, 4) is 17.1 Å². The molecule has 1 saturated heterocycles. The van der Waals surface area contributed by atoms with E-state index in [2.05, 4.69) is 14.7 Å². The summed E-state index contributed by atoms with van der Waals surface area (Å²) in [5.74, 6) is 0.775. The molecule has 2 fully saturated rings. The van der Waals surface area contributed by atoms with Gasteiger partial charge in [0.1, 0.15) is 17.5 Å². The Morgan fingerprint density at radius 1 is 1.15 bits per heavy atom. The highest BCUT2D eigenvalue weighted by atomic mass is 19.1. The van der Waals surface area contributed by atoms with Crippen molar-refractivity contribution in [2.45, 2.75) is 44.6 Å². The summed E-state index contributed by atoms with van der Waals surface area (Å²) in [5, 5.41) is 0. The molecule has 1 aliphatic heterocycles. The number of hydrogen-bond donors (Lipinski definition) is 1. The number of rotatable bonds is 4. The van der Waals surface area contributed by atoms with E-state index < -0.39 is 5.82 Å². The van der Waals surface area contributed by atoms with Crippen molar-refractivity contribution in [2.75, 3.05) is 18.0 Å². The number of nitrogens with two attached hydrogens (primary N) is 1. The summed E-state index contributed by atoms with van der Waals surface area (Å²) in [6, 6.07) is 8.28. The monoisotopic (exact) mass is 444 g/mol. The van der Waals surface area contributed by atoms with E-state index in [-0.39, 0.29) is 17.3 Å². The molecule has 3 heterocycles. The van der Waals surface area contributed by atoms with Crippen molar-refractivity contribution in [3.63, 3.8) is 0 Å². The molecule has 1 aliphatic carbocycles. The molecule has 168 valence electrons. The third kappa shape index (κ3) is 4.00. The number of nitrogens with zero attached hydrogens (tertiary/aromatic N) is 5. The lowest BCUT2D eigenvalue weighted by Gasteiger charge is -2.32. The summed E-state index contributed by atoms with van der Waals surface area (Å²) in [6.45, 7) is 10.3. The second-order valence-corrected chi connectivity index (χ2v) is 8.84. The van der Waals surface area contributed by atoms with E-state index in [1.165, 1.54) is 16.7 Å². The lowest BCUT2D eigenvalue weighted by Crippen LogP contribution is -2.41. The highest BCUT2D eigenvalue weighted by molar-refractivity contribution is 5.65. The molecule has 0 amide bonds. The van der Waals surface area contributed by atoms with Gasteiger partial charge >= 0.3 is 0 Å². The van der Waals surface area contributed by atoms with E-state index in [1.54, 1.807) is 19.2 Å². The second-order valence-electron chi connectivity index (χ2n) is 8.84. The fraction of sp³-hybridized carbons (Fsp3) is 0.360. The number of anilines is 1. The van der Waals surface area contributed by atoms with Crippen LogP contribution in [0.15, 0.2) is 41.3 Å². The van der Waals surface area contributed by atoms with Crippen LogP contribution >= 0.6 is 0 Å². The van der Waals surface area contributed by atoms with Gasteiger partial charge in [-0.05, 0) is 50.8 Å². The molecule has 2 N–H and O–H groups in total. The molecular formula is C25H25FN6O. The summed E-state index contributed by atoms with van der Waals surface area (Å²) < 4.78 is 16.0. The average Bonchev–Trinajstić information content (AvgIpc) is 3.67. The highest BCUT2D eigenvalue weighted by Crippen LogP contribution is 2.39. The molecule has 1 saturated carbocycles. The number of pyridine rings is 1. The normalized spacial score (nSPS) is 16.6. The van der Waals surface area contributed by atoms with Gasteiger partial charge in [-0.1, -0.05) is 12.1 Å². The minimum atomic E-state index is -0.642. The van der Waals surface area contributed by atoms with Crippen molar-refractivity contribution < 1.29 is 4.39 Å². The molecule has 7 nitrogen and oxygen atoms in total. The number of piperidine rings is 1. The molecule has 1 aromatic carbocycles. The molecule has 0 unspecified atom stereocenters. The minimum Gasteiger partial charge on any atom is -0.356 e. The summed E-state index contributed by atoms with van der Waals surface area (Å²) >= 11 is 0. The topological polar surface area (TPSA) is 81.4 Å². The van der Waals surface area contributed by atoms with Crippen molar-refractivity contribution in [2.24, 2.45) is 5.73 Å². The molecule has 0 bridgehead atoms. The van der Waals surface area contributed by atoms with Crippen LogP contribution in [-0.2, 0) is 0 Å². The maximum atomic E-state index is 14.5. The third-order valence-electron chi connectivity index (χ3n) is 6.47. The Bertz CT molecular complexity index is 1300. The maximum absolute atomic E-state index is 14.5. The van der Waals surface area contributed by atoms with E-state index in [0.29, 0.717) is 47.5 Å². The van der Waals surface area contributed by atoms with Crippen molar-refractivity contribution in [3.05, 3.63) is 75.4 Å². The molecule has 8 heteroatoms. The van der Waals surface area contributed by atoms with Crippen LogP contribution in [-0.4, -0.2) is 33.7 Å². The first-order valence-electron chi connectivity index (χ1n) is 11.2. The second kappa shape index (κ2) is 8.41. The van der Waals surface area contributed by atoms with E-state index in [0.717, 1.165) is 31.4 Å². The summed E-state index contributed by atoms with van der Waals surface area (Å²) in [7, 11) is 0. The fourth-order valence-corrected chi connectivity index (χ4v) is 4.33. The predicted molar refractivity (Wildman–Crippen MR) is 125 cm³/mol. The van der Waals surface area contributed by atoms with Gasteiger partial charge in [0.25, 0.3) is 5.56 Å². The number of benzene rings is 1. The summed E-state index contributed by atoms with van der Waals surface area (Å²) in [4.78, 5) is 28.3. The fourth-order valence-electron chi connectivity index (χ4n) is 4.33. The Balaban J connectivity index is 1.68. The first-order valence-corrected chi connectivity index (χ1v) is 11.2. The number of halogens is 1. The molecule has 33 heavy (non-hydrogen) atoms. The van der Waals surface area contributed by atoms with Crippen LogP contribution in [0.25, 0.3) is 21.9 Å². The summed E-state index contributed by atoms with van der Waals surface area (Å²) in [5.41, 5.74) is 8.33. The van der Waals surface area contributed by atoms with Gasteiger partial charge in [-0.25, -0.2) is 14.2 Å². The van der Waals surface area contributed by atoms with Crippen molar-refractivity contribution in [1.82, 2.24) is 14.5 Å². The third-order valence-corrected chi connectivity index (χ3v) is 6.47. The van der Waals surface area contributed by atoms with Crippen LogP contribution in [0, 0.1) is 19.3 Å². The van der Waals surface area contributed by atoms with Gasteiger partial charge in [0, 0.05) is 36.3 Å². The molecule has 5 rings (SSSR count). The molecule has 0 radical (unpaired) electrons. The Morgan fingerprint density at radius 2 is 1.91 bits per heavy atom. The van der Waals surface area contributed by atoms with Crippen LogP contribution < -0.4 is 16.2 Å². The van der Waals surface area contributed by atoms with E-state index >= 15 is 0 Å². The van der Waals surface area contributed by atoms with Crippen LogP contribution in [0.3, 0.4) is 0 Å². The Hall–Kier alpha value is -3.57. The van der Waals surface area contributed by atoms with Crippen LogP contribution in [0.5, 0.6) is 0 Å². The van der Waals surface area contributed by atoms with E-state index in [9.17, 15) is 9.18 Å². The van der Waals surface area contributed by atoms with Gasteiger partial charge in [0.15, 0.2) is 0 Å². The van der Waals surface area contributed by atoms with Crippen molar-refractivity contribution >= 4 is 11.5 Å². The number of aromatic nitrogens is 3. The maximum Gasteiger partial charge on any atom is 0.263 e. The molecule has 0 atom stereocenters. The smallest absolute Gasteiger partial charge is 0.263 e. The molecular weight excluding hydrogens is 419 g/mol. The molecule has 2 aliphatic rings. The molecule has 0 spiro atoms. The predicted octanol–water partition coefficient (Wildman–Crippen LogP) is 4.10. The number of hydrogen-bond acceptors (Lipinski definition) is 5. The van der Waals surface area contributed by atoms with Gasteiger partial charge in [-0.2, -0.15) is 0 Å². The van der Waals surface area contributed by atoms with Crippen LogP contribution in [0.1, 0.15) is 42.9 Å². The first kappa shape index (κ1) is 21.3. The Kier molecular flexibility index (Phi) is 5.43. The van der Waals surface area contributed by atoms with E-state index in [4.69, 9.17) is 17.3 Å². The van der Waals surface area contributed by atoms with Gasteiger partial charge in [0.05, 0.1) is 24.0 Å². The highest BCUT2D eigenvalue weighted by Gasteiger charge is 2.26. The lowest BCUT2D eigenvalue weighted by molar-refractivity contribution is 0.497. The van der Waals surface area contributed by atoms with Gasteiger partial charge in [-0.15, -0.1) is 0 Å². The van der Waals surface area contributed by atoms with Gasteiger partial charge < -0.3 is 10.6 Å². The van der Waals surface area contributed by atoms with E-state index in [1.807, 2.05) is 12.1 Å². The molecule has 2 aromatic heterocycles. The quantitative estimate of drug-likeness (QED) is 0.613. The average molecular weight is 445 g/mol. The zero-order valence-corrected chi connectivity index (χ0v) is 18.5. The van der Waals surface area contributed by atoms with Gasteiger partial charge in [0.2, 0.25) is 5.69 Å².